The SMILES string of the molecule is CS(=O)(=O)Nc1nc(C(=O)NCCCC(=O)O)cs1. The standard InChI is InChI=1S/C9H13N3O5S2/c1-19(16,17)12-9-11-6(5-18-9)8(15)10-4-2-3-7(13)14/h5H,2-4H2,1H3,(H,10,15)(H,11,12)(H,13,14). The third-order valence-electron chi connectivity index (χ3n) is 1.86. The maximum Gasteiger partial charge on any atom is 0.303 e. The lowest BCUT2D eigenvalue weighted by atomic mass is 10.3. The Labute approximate surface area is 113 Å². The van der Waals surface area contributed by atoms with Crippen LogP contribution in [0.1, 0.15) is 23.3 Å². The van der Waals surface area contributed by atoms with Gasteiger partial charge in [-0.3, -0.25) is 14.3 Å². The first kappa shape index (κ1) is 15.4. The van der Waals surface area contributed by atoms with Crippen LogP contribution in [-0.2, 0) is 14.8 Å². The molecule has 1 aromatic heterocycles. The van der Waals surface area contributed by atoms with Crippen LogP contribution in [0.15, 0.2) is 5.38 Å². The molecular weight excluding hydrogens is 294 g/mol. The van der Waals surface area contributed by atoms with Gasteiger partial charge in [0.05, 0.1) is 6.26 Å². The molecule has 0 atom stereocenters. The number of amides is 1. The van der Waals surface area contributed by atoms with Gasteiger partial charge in [0, 0.05) is 18.3 Å². The Hall–Kier alpha value is -1.68. The van der Waals surface area contributed by atoms with Gasteiger partial charge in [0.2, 0.25) is 10.0 Å². The smallest absolute Gasteiger partial charge is 0.303 e. The van der Waals surface area contributed by atoms with Crippen molar-refractivity contribution >= 4 is 38.4 Å². The monoisotopic (exact) mass is 307 g/mol. The molecule has 0 aliphatic carbocycles. The maximum absolute atomic E-state index is 11.6. The molecule has 1 aromatic rings. The lowest BCUT2D eigenvalue weighted by Crippen LogP contribution is -2.25. The lowest BCUT2D eigenvalue weighted by Gasteiger charge is -2.01. The average Bonchev–Trinajstić information content (AvgIpc) is 2.69. The first-order valence-electron chi connectivity index (χ1n) is 5.21. The third-order valence-corrected chi connectivity index (χ3v) is 3.31. The van der Waals surface area contributed by atoms with Crippen LogP contribution in [0.25, 0.3) is 0 Å². The number of aromatic nitrogens is 1. The molecule has 0 aliphatic rings. The summed E-state index contributed by atoms with van der Waals surface area (Å²) >= 11 is 0.993. The predicted octanol–water partition coefficient (Wildman–Crippen LogP) is 0.109. The number of aliphatic carboxylic acids is 1. The maximum atomic E-state index is 11.6. The van der Waals surface area contributed by atoms with Crippen LogP contribution in [0.4, 0.5) is 5.13 Å². The van der Waals surface area contributed by atoms with Crippen molar-refractivity contribution in [1.82, 2.24) is 10.3 Å². The van der Waals surface area contributed by atoms with Crippen LogP contribution in [0.3, 0.4) is 0 Å². The molecule has 1 heterocycles. The molecule has 19 heavy (non-hydrogen) atoms. The van der Waals surface area contributed by atoms with Crippen LogP contribution < -0.4 is 10.0 Å². The van der Waals surface area contributed by atoms with E-state index in [1.54, 1.807) is 0 Å². The molecule has 8 nitrogen and oxygen atoms in total. The number of sulfonamides is 1. The zero-order valence-corrected chi connectivity index (χ0v) is 11.7. The molecule has 0 saturated heterocycles. The molecule has 0 fully saturated rings. The summed E-state index contributed by atoms with van der Waals surface area (Å²) in [4.78, 5) is 25.6. The Morgan fingerprint density at radius 1 is 1.47 bits per heavy atom. The minimum absolute atomic E-state index is 0.0295. The van der Waals surface area contributed by atoms with Crippen LogP contribution in [0, 0.1) is 0 Å². The minimum atomic E-state index is -3.42. The molecule has 0 spiro atoms. The summed E-state index contributed by atoms with van der Waals surface area (Å²) in [5.41, 5.74) is 0.0893. The van der Waals surface area contributed by atoms with E-state index in [1.807, 2.05) is 0 Å². The Bertz CT molecular complexity index is 566. The number of nitrogens with one attached hydrogen (secondary N) is 2. The van der Waals surface area contributed by atoms with E-state index >= 15 is 0 Å². The van der Waals surface area contributed by atoms with E-state index in [9.17, 15) is 18.0 Å². The van der Waals surface area contributed by atoms with Gasteiger partial charge in [-0.2, -0.15) is 0 Å². The van der Waals surface area contributed by atoms with Gasteiger partial charge in [-0.1, -0.05) is 0 Å². The Kier molecular flexibility index (Phi) is 5.24. The van der Waals surface area contributed by atoms with Crippen LogP contribution >= 0.6 is 11.3 Å². The van der Waals surface area contributed by atoms with Crippen molar-refractivity contribution in [2.75, 3.05) is 17.5 Å². The second kappa shape index (κ2) is 6.48. The van der Waals surface area contributed by atoms with E-state index in [1.165, 1.54) is 5.38 Å². The number of carbonyl (C=O) groups excluding carboxylic acids is 1. The van der Waals surface area contributed by atoms with Crippen molar-refractivity contribution in [3.63, 3.8) is 0 Å². The summed E-state index contributed by atoms with van der Waals surface area (Å²) in [6.45, 7) is 0.220. The zero-order chi connectivity index (χ0) is 14.5. The topological polar surface area (TPSA) is 125 Å². The van der Waals surface area contributed by atoms with E-state index < -0.39 is 21.9 Å². The normalized spacial score (nSPS) is 11.0. The largest absolute Gasteiger partial charge is 0.481 e. The van der Waals surface area contributed by atoms with Gasteiger partial charge >= 0.3 is 5.97 Å². The number of rotatable bonds is 7. The fraction of sp³-hybridized carbons (Fsp3) is 0.444. The molecule has 10 heteroatoms. The Morgan fingerprint density at radius 3 is 2.74 bits per heavy atom. The van der Waals surface area contributed by atoms with Crippen molar-refractivity contribution < 1.29 is 23.1 Å². The number of nitrogens with zero attached hydrogens (tertiary/aromatic N) is 1. The van der Waals surface area contributed by atoms with Crippen molar-refractivity contribution in [3.8, 4) is 0 Å². The molecule has 106 valence electrons. The minimum Gasteiger partial charge on any atom is -0.481 e. The highest BCUT2D eigenvalue weighted by Crippen LogP contribution is 2.16. The quantitative estimate of drug-likeness (QED) is 0.614. The highest BCUT2D eigenvalue weighted by molar-refractivity contribution is 7.92. The molecule has 0 aromatic carbocycles. The van der Waals surface area contributed by atoms with Gasteiger partial charge < -0.3 is 10.4 Å². The van der Waals surface area contributed by atoms with Gasteiger partial charge in [0.25, 0.3) is 5.91 Å². The molecule has 0 aliphatic heterocycles. The summed E-state index contributed by atoms with van der Waals surface area (Å²) < 4.78 is 24.1. The van der Waals surface area contributed by atoms with Crippen LogP contribution in [0.5, 0.6) is 0 Å². The summed E-state index contributed by atoms with van der Waals surface area (Å²) in [7, 11) is -3.42. The van der Waals surface area contributed by atoms with Gasteiger partial charge in [-0.25, -0.2) is 13.4 Å². The number of hydrogen-bond acceptors (Lipinski definition) is 6. The number of thiazole rings is 1. The zero-order valence-electron chi connectivity index (χ0n) is 10.0. The summed E-state index contributed by atoms with van der Waals surface area (Å²) in [6.07, 6.45) is 1.28. The van der Waals surface area contributed by atoms with Crippen LogP contribution in [0.2, 0.25) is 0 Å². The number of carbonyl (C=O) groups is 2. The Balaban J connectivity index is 2.47. The fourth-order valence-electron chi connectivity index (χ4n) is 1.12. The van der Waals surface area contributed by atoms with E-state index in [2.05, 4.69) is 15.0 Å². The van der Waals surface area contributed by atoms with Crippen LogP contribution in [-0.4, -0.2) is 43.2 Å². The van der Waals surface area contributed by atoms with Crippen molar-refractivity contribution in [2.45, 2.75) is 12.8 Å². The van der Waals surface area contributed by atoms with Crippen molar-refractivity contribution in [1.29, 1.82) is 0 Å². The molecule has 3 N–H and O–H groups in total. The van der Waals surface area contributed by atoms with Gasteiger partial charge in [0.1, 0.15) is 5.69 Å². The number of hydrogen-bond donors (Lipinski definition) is 3. The molecule has 0 bridgehead atoms. The predicted molar refractivity (Wildman–Crippen MR) is 69.8 cm³/mol. The fourth-order valence-corrected chi connectivity index (χ4v) is 2.66. The molecule has 0 radical (unpaired) electrons. The lowest BCUT2D eigenvalue weighted by molar-refractivity contribution is -0.137. The average molecular weight is 307 g/mol. The van der Waals surface area contributed by atoms with E-state index in [4.69, 9.17) is 5.11 Å². The van der Waals surface area contributed by atoms with E-state index in [-0.39, 0.29) is 23.8 Å². The first-order valence-corrected chi connectivity index (χ1v) is 7.98. The third kappa shape index (κ3) is 6.15. The summed E-state index contributed by atoms with van der Waals surface area (Å²) in [6, 6.07) is 0. The second-order valence-electron chi connectivity index (χ2n) is 3.67. The van der Waals surface area contributed by atoms with E-state index in [0.717, 1.165) is 17.6 Å². The highest BCUT2D eigenvalue weighted by Gasteiger charge is 2.12. The number of anilines is 1. The number of carboxylic acids is 1. The molecule has 1 rings (SSSR count). The van der Waals surface area contributed by atoms with Gasteiger partial charge in [-0.15, -0.1) is 11.3 Å². The number of carboxylic acid groups (broad SMARTS) is 1. The Morgan fingerprint density at radius 2 is 2.16 bits per heavy atom. The molecule has 1 amide bonds. The van der Waals surface area contributed by atoms with Crippen molar-refractivity contribution in [2.24, 2.45) is 0 Å². The first-order chi connectivity index (χ1) is 8.78. The van der Waals surface area contributed by atoms with Gasteiger partial charge in [-0.05, 0) is 6.42 Å². The van der Waals surface area contributed by atoms with E-state index in [0.29, 0.717) is 6.42 Å². The second-order valence-corrected chi connectivity index (χ2v) is 6.27. The molecule has 0 saturated carbocycles. The van der Waals surface area contributed by atoms with Gasteiger partial charge in [0.15, 0.2) is 5.13 Å². The molecule has 0 unspecified atom stereocenters. The highest BCUT2D eigenvalue weighted by atomic mass is 32.2. The van der Waals surface area contributed by atoms with Crippen molar-refractivity contribution in [3.05, 3.63) is 11.1 Å². The molecular formula is C9H13N3O5S2. The summed E-state index contributed by atoms with van der Waals surface area (Å²) in [5, 5.41) is 12.4. The summed E-state index contributed by atoms with van der Waals surface area (Å²) in [5.74, 6) is -1.40.